The molecule has 0 aliphatic heterocycles. The number of ether oxygens (including phenoxy) is 1. The van der Waals surface area contributed by atoms with E-state index >= 15 is 0 Å². The largest absolute Gasteiger partial charge is 0.469 e. The van der Waals surface area contributed by atoms with Crippen LogP contribution in [0.5, 0.6) is 0 Å². The summed E-state index contributed by atoms with van der Waals surface area (Å²) >= 11 is 3.45. The van der Waals surface area contributed by atoms with E-state index in [0.29, 0.717) is 17.6 Å². The van der Waals surface area contributed by atoms with Gasteiger partial charge in [-0.3, -0.25) is 33.2 Å². The van der Waals surface area contributed by atoms with Gasteiger partial charge in [-0.2, -0.15) is 29.8 Å². The van der Waals surface area contributed by atoms with Crippen LogP contribution in [0.2, 0.25) is 0 Å². The van der Waals surface area contributed by atoms with E-state index in [-0.39, 0.29) is 64.7 Å². The quantitative estimate of drug-likeness (QED) is 0.0746. The van der Waals surface area contributed by atoms with Gasteiger partial charge in [0, 0.05) is 49.4 Å². The highest BCUT2D eigenvalue weighted by molar-refractivity contribution is 7.09. The standard InChI is InChI=1S/3C6H10N2O2.3C6H10N2OS.C6H12O2.C5H10N4/c1-6(2,3)4-7-8-5(9)10-4;1-6(2,3)4-7-5(9)8-10-4;1-6(2,3)4-7-5(9)10-8-4;1-6(2,3)4-7-8-5(9)10-4;1-6(2,3)4-7-5(9)8-10-4;1-6(2,3)4-7-5(9)10-8-4;1-6(2,3)5(7)8-4;1-5(2,3)4-6-8-9-7-4/h2*1-3H3,(H,8,9);1-3H3,(H,7,8,9);2*1-3H3,(H,8,9);1-3H3,(H,7,8,9);1-4H3;1-3H3,(H,6,7,8,9). The van der Waals surface area contributed by atoms with E-state index in [9.17, 15) is 33.6 Å². The number of hydrogen-bond donors (Lipinski definition) is 7. The number of H-pyrrole nitrogens is 7. The average Bonchev–Trinajstić information content (AvgIpc) is 4.10. The maximum atomic E-state index is 10.6. The minimum Gasteiger partial charge on any atom is -0.469 e. The van der Waals surface area contributed by atoms with E-state index in [1.54, 1.807) is 0 Å². The van der Waals surface area contributed by atoms with Gasteiger partial charge >= 0.3 is 38.6 Å². The third-order valence-electron chi connectivity index (χ3n) is 8.43. The molecule has 77 heavy (non-hydrogen) atoms. The lowest BCUT2D eigenvalue weighted by molar-refractivity contribution is -0.149. The van der Waals surface area contributed by atoms with Crippen LogP contribution >= 0.6 is 34.4 Å². The second-order valence-corrected chi connectivity index (χ2v) is 27.3. The third kappa shape index (κ3) is 29.0. The summed E-state index contributed by atoms with van der Waals surface area (Å²) in [6.45, 7) is 47.1. The lowest BCUT2D eigenvalue weighted by Gasteiger charge is -2.13. The summed E-state index contributed by atoms with van der Waals surface area (Å²) in [7, 11) is 1.40. The van der Waals surface area contributed by atoms with E-state index in [1.807, 2.05) is 166 Å². The van der Waals surface area contributed by atoms with Crippen LogP contribution in [0.4, 0.5) is 0 Å². The molecule has 27 nitrogen and oxygen atoms in total. The molecule has 30 heteroatoms. The third-order valence-corrected chi connectivity index (χ3v) is 11.3. The Morgan fingerprint density at radius 2 is 1.09 bits per heavy atom. The monoisotopic (exact) mass is 1140 g/mol. The Labute approximate surface area is 458 Å². The van der Waals surface area contributed by atoms with Crippen LogP contribution in [0.1, 0.15) is 205 Å². The second kappa shape index (κ2) is 28.7. The maximum Gasteiger partial charge on any atom is 0.438 e. The Morgan fingerprint density at radius 3 is 1.27 bits per heavy atom. The number of nitrogens with zero attached hydrogens (tertiary/aromatic N) is 9. The van der Waals surface area contributed by atoms with Gasteiger partial charge in [0.15, 0.2) is 11.6 Å². The van der Waals surface area contributed by atoms with E-state index in [2.05, 4.69) is 89.3 Å². The molecule has 7 rings (SSSR count). The fourth-order valence-electron chi connectivity index (χ4n) is 4.10. The Morgan fingerprint density at radius 1 is 0.545 bits per heavy atom. The van der Waals surface area contributed by atoms with E-state index in [1.165, 1.54) is 30.0 Å². The van der Waals surface area contributed by atoms with Crippen molar-refractivity contribution in [3.05, 3.63) is 101 Å². The van der Waals surface area contributed by atoms with Crippen molar-refractivity contribution in [1.29, 1.82) is 0 Å². The van der Waals surface area contributed by atoms with Gasteiger partial charge < -0.3 is 13.7 Å². The van der Waals surface area contributed by atoms with Crippen LogP contribution < -0.4 is 32.6 Å². The summed E-state index contributed by atoms with van der Waals surface area (Å²) < 4.78 is 24.8. The number of carbonyl (C=O) groups excluding carboxylic acids is 1. The smallest absolute Gasteiger partial charge is 0.438 e. The summed E-state index contributed by atoms with van der Waals surface area (Å²) in [6.07, 6.45) is 0. The molecule has 0 aliphatic carbocycles. The molecule has 0 radical (unpaired) electrons. The first-order valence-electron chi connectivity index (χ1n) is 23.8. The van der Waals surface area contributed by atoms with E-state index < -0.39 is 17.2 Å². The molecule has 7 heterocycles. The Balaban J connectivity index is 0.000000858. The molecule has 0 bridgehead atoms. The molecule has 0 fully saturated rings. The first-order chi connectivity index (χ1) is 34.6. The van der Waals surface area contributed by atoms with Crippen molar-refractivity contribution < 1.29 is 23.0 Å². The van der Waals surface area contributed by atoms with Gasteiger partial charge in [-0.25, -0.2) is 29.4 Å². The highest BCUT2D eigenvalue weighted by atomic mass is 32.1. The molecular formula is C47H82N16O11S3. The first-order valence-corrected chi connectivity index (χ1v) is 26.2. The fraction of sp³-hybridized carbons (Fsp3) is 0.702. The van der Waals surface area contributed by atoms with E-state index in [0.717, 1.165) is 33.2 Å². The molecule has 0 amide bonds. The van der Waals surface area contributed by atoms with Crippen molar-refractivity contribution in [2.75, 3.05) is 7.11 Å². The summed E-state index contributed by atoms with van der Waals surface area (Å²) in [5.74, 6) is 1.82. The van der Waals surface area contributed by atoms with Gasteiger partial charge in [0.05, 0.1) is 12.5 Å². The molecule has 0 aliphatic rings. The number of esters is 1. The van der Waals surface area contributed by atoms with Crippen LogP contribution in [-0.4, -0.2) is 93.1 Å². The number of nitrogens with one attached hydrogen (secondary N) is 7. The average molecular weight is 1140 g/mol. The number of rotatable bonds is 0. The molecule has 0 saturated heterocycles. The Bertz CT molecular complexity index is 2660. The highest BCUT2D eigenvalue weighted by Gasteiger charge is 2.24. The topological polar surface area (TPSA) is 395 Å². The SMILES string of the molecule is CC(C)(C)c1n[nH]c(=O)o1.CC(C)(C)c1n[nH]c(=O)s1.CC(C)(C)c1nc(=O)[nH]o1.CC(C)(C)c1nc(=O)[nH]s1.CC(C)(C)c1nn[nH]n1.CC(C)(C)c1noc(=O)[nH]1.CC(C)(C)c1nsc(=O)[nH]1.COC(=O)C(C)(C)C. The van der Waals surface area contributed by atoms with Gasteiger partial charge in [-0.15, -0.1) is 15.3 Å². The number of methoxy groups -OCH3 is 1. The maximum absolute atomic E-state index is 10.6. The number of tetrazole rings is 1. The zero-order valence-corrected chi connectivity index (χ0v) is 51.7. The van der Waals surface area contributed by atoms with Crippen LogP contribution in [0.25, 0.3) is 0 Å². The summed E-state index contributed by atoms with van der Waals surface area (Å²) in [4.78, 5) is 86.2. The molecule has 0 unspecified atom stereocenters. The van der Waals surface area contributed by atoms with Crippen molar-refractivity contribution in [3.8, 4) is 0 Å². The Hall–Kier alpha value is -6.56. The minimum atomic E-state index is -0.495. The predicted molar refractivity (Wildman–Crippen MR) is 296 cm³/mol. The first kappa shape index (κ1) is 70.4. The van der Waals surface area contributed by atoms with Gasteiger partial charge in [0.2, 0.25) is 11.8 Å². The number of carbonyl (C=O) groups is 1. The van der Waals surface area contributed by atoms with Crippen molar-refractivity contribution in [3.63, 3.8) is 0 Å². The van der Waals surface area contributed by atoms with Crippen LogP contribution in [-0.2, 0) is 47.4 Å². The van der Waals surface area contributed by atoms with Gasteiger partial charge in [-0.05, 0) is 32.3 Å². The van der Waals surface area contributed by atoms with Crippen molar-refractivity contribution >= 4 is 40.4 Å². The lowest BCUT2D eigenvalue weighted by atomic mass is 9.96. The van der Waals surface area contributed by atoms with Crippen molar-refractivity contribution in [2.24, 2.45) is 5.41 Å². The minimum absolute atomic E-state index is 0.00694. The van der Waals surface area contributed by atoms with Crippen LogP contribution in [0, 0.1) is 5.41 Å². The molecule has 0 atom stereocenters. The van der Waals surface area contributed by atoms with Gasteiger partial charge in [0.1, 0.15) is 15.8 Å². The van der Waals surface area contributed by atoms with E-state index in [4.69, 9.17) is 8.94 Å². The molecule has 7 N–H and O–H groups in total. The normalized spacial score (nSPS) is 11.8. The van der Waals surface area contributed by atoms with Crippen LogP contribution in [0.15, 0.2) is 42.2 Å². The second-order valence-electron chi connectivity index (χ2n) is 24.8. The predicted octanol–water partition coefficient (Wildman–Crippen LogP) is 7.07. The zero-order valence-electron chi connectivity index (χ0n) is 49.2. The van der Waals surface area contributed by atoms with Crippen molar-refractivity contribution in [1.82, 2.24) is 80.0 Å². The van der Waals surface area contributed by atoms with Crippen molar-refractivity contribution in [2.45, 2.75) is 204 Å². The number of hydrogen-bond acceptors (Lipinski definition) is 23. The molecule has 434 valence electrons. The summed E-state index contributed by atoms with van der Waals surface area (Å²) in [6, 6.07) is 0. The molecule has 0 aromatic carbocycles. The summed E-state index contributed by atoms with van der Waals surface area (Å²) in [5.41, 5.74) is -1.61. The van der Waals surface area contributed by atoms with Gasteiger partial charge in [0.25, 0.3) is 0 Å². The molecule has 7 aromatic rings. The Kier molecular flexibility index (Phi) is 26.3. The zero-order chi connectivity index (χ0) is 60.3. The van der Waals surface area contributed by atoms with Gasteiger partial charge in [-0.1, -0.05) is 167 Å². The number of aromatic amines is 7. The number of aromatic nitrogens is 16. The highest BCUT2D eigenvalue weighted by Crippen LogP contribution is 2.23. The molecular weight excluding hydrogens is 1060 g/mol. The fourth-order valence-corrected chi connectivity index (χ4v) is 6.06. The molecule has 0 spiro atoms. The summed E-state index contributed by atoms with van der Waals surface area (Å²) in [5, 5.41) is 33.1. The lowest BCUT2D eigenvalue weighted by Crippen LogP contribution is -2.21. The molecule has 7 aromatic heterocycles. The molecule has 0 saturated carbocycles. The van der Waals surface area contributed by atoms with Crippen LogP contribution in [0.3, 0.4) is 0 Å².